The molecule has 0 aliphatic carbocycles. The highest BCUT2D eigenvalue weighted by atomic mass is 79.9. The van der Waals surface area contributed by atoms with Crippen LogP contribution in [0.3, 0.4) is 0 Å². The molecule has 0 aromatic carbocycles. The molecule has 1 aliphatic heterocycles. The van der Waals surface area contributed by atoms with Gasteiger partial charge in [-0.05, 0) is 34.8 Å². The predicted octanol–water partition coefficient (Wildman–Crippen LogP) is 2.55. The standard InChI is InChI=1S/C13H15BrClN3O2S/c14-9-6-11-13(16-7-9)18(12(17-11)3-4-15)8-10-2-1-5-21(10,19)20/h6-7,10H,1-5,8H2. The van der Waals surface area contributed by atoms with Crippen LogP contribution in [-0.2, 0) is 22.8 Å². The van der Waals surface area contributed by atoms with E-state index in [1.807, 2.05) is 10.6 Å². The molecule has 1 aliphatic rings. The van der Waals surface area contributed by atoms with Gasteiger partial charge in [-0.3, -0.25) is 0 Å². The van der Waals surface area contributed by atoms with E-state index in [1.54, 1.807) is 6.20 Å². The van der Waals surface area contributed by atoms with Gasteiger partial charge in [0, 0.05) is 29.5 Å². The monoisotopic (exact) mass is 391 g/mol. The number of rotatable bonds is 4. The molecule has 3 heterocycles. The summed E-state index contributed by atoms with van der Waals surface area (Å²) in [6.45, 7) is 0.416. The van der Waals surface area contributed by atoms with E-state index >= 15 is 0 Å². The Kier molecular flexibility index (Phi) is 4.25. The van der Waals surface area contributed by atoms with Gasteiger partial charge in [-0.1, -0.05) is 0 Å². The fourth-order valence-corrected chi connectivity index (χ4v) is 5.06. The van der Waals surface area contributed by atoms with Crippen molar-refractivity contribution >= 4 is 48.5 Å². The Morgan fingerprint density at radius 3 is 2.95 bits per heavy atom. The van der Waals surface area contributed by atoms with E-state index in [0.29, 0.717) is 25.3 Å². The van der Waals surface area contributed by atoms with Crippen LogP contribution in [0.4, 0.5) is 0 Å². The Balaban J connectivity index is 2.05. The van der Waals surface area contributed by atoms with Gasteiger partial charge in [-0.25, -0.2) is 18.4 Å². The van der Waals surface area contributed by atoms with Crippen molar-refractivity contribution in [3.63, 3.8) is 0 Å². The van der Waals surface area contributed by atoms with Crippen LogP contribution >= 0.6 is 27.5 Å². The number of hydrogen-bond donors (Lipinski definition) is 0. The Hall–Kier alpha value is -0.660. The molecule has 0 bridgehead atoms. The molecule has 0 N–H and O–H groups in total. The third kappa shape index (κ3) is 2.96. The minimum Gasteiger partial charge on any atom is -0.311 e. The first-order valence-corrected chi connectivity index (χ1v) is 9.84. The number of nitrogens with zero attached hydrogens (tertiary/aromatic N) is 3. The second kappa shape index (κ2) is 5.85. The summed E-state index contributed by atoms with van der Waals surface area (Å²) in [5.41, 5.74) is 1.49. The van der Waals surface area contributed by atoms with E-state index in [2.05, 4.69) is 25.9 Å². The highest BCUT2D eigenvalue weighted by Crippen LogP contribution is 2.25. The Labute approximate surface area is 136 Å². The van der Waals surface area contributed by atoms with E-state index in [-0.39, 0.29) is 11.0 Å². The van der Waals surface area contributed by atoms with Crippen LogP contribution in [0.1, 0.15) is 18.7 Å². The van der Waals surface area contributed by atoms with Crippen molar-refractivity contribution in [3.05, 3.63) is 22.6 Å². The normalized spacial score (nSPS) is 21.1. The number of aryl methyl sites for hydroxylation is 1. The van der Waals surface area contributed by atoms with Crippen LogP contribution < -0.4 is 0 Å². The second-order valence-corrected chi connectivity index (χ2v) is 8.90. The molecule has 5 nitrogen and oxygen atoms in total. The molecular formula is C13H15BrClN3O2S. The minimum absolute atomic E-state index is 0.286. The van der Waals surface area contributed by atoms with Crippen molar-refractivity contribution in [2.24, 2.45) is 0 Å². The number of halogens is 2. The zero-order valence-corrected chi connectivity index (χ0v) is 14.5. The summed E-state index contributed by atoms with van der Waals surface area (Å²) in [6, 6.07) is 1.89. The third-order valence-corrected chi connectivity index (χ3v) is 6.68. The minimum atomic E-state index is -2.99. The average Bonchev–Trinajstić information content (AvgIpc) is 2.91. The van der Waals surface area contributed by atoms with E-state index < -0.39 is 9.84 Å². The summed E-state index contributed by atoms with van der Waals surface area (Å²) in [4.78, 5) is 8.93. The van der Waals surface area contributed by atoms with Crippen LogP contribution in [0.15, 0.2) is 16.7 Å². The maximum Gasteiger partial charge on any atom is 0.160 e. The van der Waals surface area contributed by atoms with Gasteiger partial charge in [0.15, 0.2) is 15.5 Å². The predicted molar refractivity (Wildman–Crippen MR) is 86.5 cm³/mol. The van der Waals surface area contributed by atoms with Crippen molar-refractivity contribution < 1.29 is 8.42 Å². The maximum atomic E-state index is 12.1. The Morgan fingerprint density at radius 2 is 2.29 bits per heavy atom. The van der Waals surface area contributed by atoms with Crippen LogP contribution in [0, 0.1) is 0 Å². The number of aromatic nitrogens is 3. The summed E-state index contributed by atoms with van der Waals surface area (Å²) in [6.07, 6.45) is 3.75. The highest BCUT2D eigenvalue weighted by molar-refractivity contribution is 9.10. The smallest absolute Gasteiger partial charge is 0.160 e. The van der Waals surface area contributed by atoms with Crippen molar-refractivity contribution in [1.82, 2.24) is 14.5 Å². The van der Waals surface area contributed by atoms with Crippen molar-refractivity contribution in [2.75, 3.05) is 11.6 Å². The van der Waals surface area contributed by atoms with Crippen molar-refractivity contribution in [3.8, 4) is 0 Å². The summed E-state index contributed by atoms with van der Waals surface area (Å²) in [5, 5.41) is -0.338. The molecule has 0 amide bonds. The van der Waals surface area contributed by atoms with Gasteiger partial charge in [0.1, 0.15) is 11.3 Å². The first-order chi connectivity index (χ1) is 10.0. The van der Waals surface area contributed by atoms with Crippen LogP contribution in [0.25, 0.3) is 11.2 Å². The molecular weight excluding hydrogens is 378 g/mol. The summed E-state index contributed by atoms with van der Waals surface area (Å²) in [7, 11) is -2.99. The summed E-state index contributed by atoms with van der Waals surface area (Å²) < 4.78 is 26.9. The maximum absolute atomic E-state index is 12.1. The SMILES string of the molecule is O=S1(=O)CCCC1Cn1c(CCCl)nc2cc(Br)cnc21. The van der Waals surface area contributed by atoms with Crippen LogP contribution in [0.2, 0.25) is 0 Å². The molecule has 0 saturated carbocycles. The fraction of sp³-hybridized carbons (Fsp3) is 0.538. The van der Waals surface area contributed by atoms with E-state index in [4.69, 9.17) is 11.6 Å². The first kappa shape index (κ1) is 15.2. The number of hydrogen-bond acceptors (Lipinski definition) is 4. The first-order valence-electron chi connectivity index (χ1n) is 6.79. The number of pyridine rings is 1. The van der Waals surface area contributed by atoms with Gasteiger partial charge in [0.05, 0.1) is 11.0 Å². The van der Waals surface area contributed by atoms with E-state index in [0.717, 1.165) is 27.9 Å². The molecule has 1 unspecified atom stereocenters. The van der Waals surface area contributed by atoms with E-state index in [9.17, 15) is 8.42 Å². The van der Waals surface area contributed by atoms with Crippen molar-refractivity contribution in [1.29, 1.82) is 0 Å². The highest BCUT2D eigenvalue weighted by Gasteiger charge is 2.32. The molecule has 0 spiro atoms. The summed E-state index contributed by atoms with van der Waals surface area (Å²) >= 11 is 9.22. The van der Waals surface area contributed by atoms with Crippen molar-refractivity contribution in [2.45, 2.75) is 31.1 Å². The lowest BCUT2D eigenvalue weighted by Crippen LogP contribution is -2.23. The molecule has 1 saturated heterocycles. The van der Waals surface area contributed by atoms with Gasteiger partial charge in [-0.15, -0.1) is 11.6 Å². The molecule has 1 atom stereocenters. The summed E-state index contributed by atoms with van der Waals surface area (Å²) in [5.74, 6) is 1.53. The Morgan fingerprint density at radius 1 is 1.48 bits per heavy atom. The zero-order valence-electron chi connectivity index (χ0n) is 11.3. The molecule has 2 aromatic rings. The fourth-order valence-electron chi connectivity index (χ4n) is 2.77. The van der Waals surface area contributed by atoms with Gasteiger partial charge in [0.2, 0.25) is 0 Å². The third-order valence-electron chi connectivity index (χ3n) is 3.80. The largest absolute Gasteiger partial charge is 0.311 e. The molecule has 21 heavy (non-hydrogen) atoms. The molecule has 0 radical (unpaired) electrons. The van der Waals surface area contributed by atoms with Crippen LogP contribution in [0.5, 0.6) is 0 Å². The lowest BCUT2D eigenvalue weighted by molar-refractivity contribution is 0.562. The number of alkyl halides is 1. The van der Waals surface area contributed by atoms with E-state index in [1.165, 1.54) is 0 Å². The average molecular weight is 393 g/mol. The number of imidazole rings is 1. The van der Waals surface area contributed by atoms with Crippen LogP contribution in [-0.4, -0.2) is 39.8 Å². The quantitative estimate of drug-likeness (QED) is 0.750. The molecule has 2 aromatic heterocycles. The molecule has 114 valence electrons. The molecule has 3 rings (SSSR count). The lowest BCUT2D eigenvalue weighted by atomic mass is 10.2. The topological polar surface area (TPSA) is 64.8 Å². The lowest BCUT2D eigenvalue weighted by Gasteiger charge is -2.13. The Bertz CT molecular complexity index is 775. The van der Waals surface area contributed by atoms with Gasteiger partial charge in [0.25, 0.3) is 0 Å². The molecule has 8 heteroatoms. The van der Waals surface area contributed by atoms with Gasteiger partial charge >= 0.3 is 0 Å². The number of fused-ring (bicyclic) bond motifs is 1. The number of sulfone groups is 1. The van der Waals surface area contributed by atoms with Gasteiger partial charge in [-0.2, -0.15) is 0 Å². The van der Waals surface area contributed by atoms with Gasteiger partial charge < -0.3 is 4.57 Å². The molecule has 1 fully saturated rings. The zero-order chi connectivity index (χ0) is 15.0. The second-order valence-electron chi connectivity index (χ2n) is 5.21.